The van der Waals surface area contributed by atoms with E-state index < -0.39 is 24.3 Å². The first-order valence-corrected chi connectivity index (χ1v) is 39.9. The lowest BCUT2D eigenvalue weighted by Gasteiger charge is -2.26. The van der Waals surface area contributed by atoms with Crippen molar-refractivity contribution in [1.82, 2.24) is 0 Å². The number of hydrogen-bond donors (Lipinski definition) is 0. The number of nitrogens with zero attached hydrogens (tertiary/aromatic N) is 1. The average molecular weight is 1370 g/mol. The molecule has 0 saturated heterocycles. The molecule has 2 unspecified atom stereocenters. The van der Waals surface area contributed by atoms with E-state index in [4.69, 9.17) is 18.9 Å². The third-order valence-electron chi connectivity index (χ3n) is 16.6. The second kappa shape index (κ2) is 78.1. The lowest BCUT2D eigenvalue weighted by Crippen LogP contribution is -2.44. The third kappa shape index (κ3) is 79.6. The molecule has 0 radical (unpaired) electrons. The van der Waals surface area contributed by atoms with Crippen LogP contribution in [0.1, 0.15) is 309 Å². The van der Waals surface area contributed by atoms with E-state index >= 15 is 0 Å². The molecular weight excluding hydrogens is 1220 g/mol. The van der Waals surface area contributed by atoms with Gasteiger partial charge in [-0.1, -0.05) is 344 Å². The molecule has 9 nitrogen and oxygen atoms in total. The molecule has 0 saturated carbocycles. The molecule has 0 aromatic rings. The van der Waals surface area contributed by atoms with Crippen LogP contribution in [0.2, 0.25) is 0 Å². The number of carbonyl (C=O) groups excluding carboxylic acids is 3. The molecule has 0 rings (SSSR count). The van der Waals surface area contributed by atoms with Crippen LogP contribution in [0.4, 0.5) is 0 Å². The molecule has 2 atom stereocenters. The monoisotopic (exact) mass is 1370 g/mol. The molecule has 0 aromatic carbocycles. The molecule has 0 amide bonds. The zero-order chi connectivity index (χ0) is 71.8. The normalized spacial score (nSPS) is 13.7. The van der Waals surface area contributed by atoms with E-state index in [1.807, 2.05) is 21.1 Å². The van der Waals surface area contributed by atoms with Crippen LogP contribution in [0.3, 0.4) is 0 Å². The van der Waals surface area contributed by atoms with Crippen LogP contribution >= 0.6 is 0 Å². The first kappa shape index (κ1) is 93.4. The number of likely N-dealkylation sites (N-methyl/N-ethyl adjacent to an activating group) is 1. The predicted molar refractivity (Wildman–Crippen MR) is 425 cm³/mol. The van der Waals surface area contributed by atoms with Crippen LogP contribution in [-0.4, -0.2) is 82.3 Å². The van der Waals surface area contributed by atoms with Crippen molar-refractivity contribution in [2.75, 3.05) is 47.5 Å². The summed E-state index contributed by atoms with van der Waals surface area (Å²) in [5.74, 6) is -2.29. The van der Waals surface area contributed by atoms with Crippen molar-refractivity contribution in [1.29, 1.82) is 0 Å². The zero-order valence-corrected chi connectivity index (χ0v) is 64.0. The molecule has 560 valence electrons. The molecule has 0 fully saturated rings. The number of carboxylic acid groups (broad SMARTS) is 1. The van der Waals surface area contributed by atoms with Crippen LogP contribution in [0.15, 0.2) is 182 Å². The van der Waals surface area contributed by atoms with Gasteiger partial charge >= 0.3 is 11.9 Å². The summed E-state index contributed by atoms with van der Waals surface area (Å²) >= 11 is 0. The van der Waals surface area contributed by atoms with Crippen molar-refractivity contribution >= 4 is 17.9 Å². The molecule has 0 bridgehead atoms. The molecule has 0 aliphatic heterocycles. The highest BCUT2D eigenvalue weighted by Crippen LogP contribution is 2.17. The van der Waals surface area contributed by atoms with E-state index in [1.165, 1.54) is 135 Å². The van der Waals surface area contributed by atoms with Crippen molar-refractivity contribution in [3.05, 3.63) is 182 Å². The lowest BCUT2D eigenvalue weighted by molar-refractivity contribution is -0.870. The van der Waals surface area contributed by atoms with Gasteiger partial charge in [0.15, 0.2) is 12.4 Å². The Hall–Kier alpha value is -5.61. The van der Waals surface area contributed by atoms with E-state index in [0.717, 1.165) is 141 Å². The average Bonchev–Trinajstić information content (AvgIpc) is 2.19. The molecular formula is C90H147NO8. The van der Waals surface area contributed by atoms with E-state index in [0.29, 0.717) is 17.4 Å². The quantitative estimate of drug-likeness (QED) is 0.0195. The fourth-order valence-electron chi connectivity index (χ4n) is 10.7. The van der Waals surface area contributed by atoms with Gasteiger partial charge < -0.3 is 33.3 Å². The number of hydrogen-bond acceptors (Lipinski definition) is 8. The van der Waals surface area contributed by atoms with Gasteiger partial charge in [-0.3, -0.25) is 9.59 Å². The first-order chi connectivity index (χ1) is 48.6. The van der Waals surface area contributed by atoms with Gasteiger partial charge in [-0.15, -0.1) is 0 Å². The number of allylic oxidation sites excluding steroid dienone is 30. The van der Waals surface area contributed by atoms with Gasteiger partial charge in [0.2, 0.25) is 0 Å². The molecule has 99 heavy (non-hydrogen) atoms. The van der Waals surface area contributed by atoms with E-state index in [-0.39, 0.29) is 38.6 Å². The molecule has 9 heteroatoms. The summed E-state index contributed by atoms with van der Waals surface area (Å²) < 4.78 is 22.8. The maximum atomic E-state index is 13.0. The summed E-state index contributed by atoms with van der Waals surface area (Å²) in [4.78, 5) is 37.6. The lowest BCUT2D eigenvalue weighted by atomic mass is 10.0. The Morgan fingerprint density at radius 2 is 0.545 bits per heavy atom. The first-order valence-electron chi connectivity index (χ1n) is 39.9. The Kier molecular flexibility index (Phi) is 73.7. The number of carbonyl (C=O) groups is 3. The van der Waals surface area contributed by atoms with Gasteiger partial charge in [0, 0.05) is 12.8 Å². The number of aliphatic carboxylic acids is 1. The fourth-order valence-corrected chi connectivity index (χ4v) is 10.7. The zero-order valence-electron chi connectivity index (χ0n) is 64.0. The summed E-state index contributed by atoms with van der Waals surface area (Å²) in [6, 6.07) is 0. The number of carboxylic acids is 1. The number of unbranched alkanes of at least 4 members (excludes halogenated alkanes) is 27. The Morgan fingerprint density at radius 3 is 0.808 bits per heavy atom. The SMILES string of the molecule is CC/C=C\C/C=C\C/C=C\C/C=C\C/C=C\C/C=C\C/C=C\C/C=C\C/C=C\CCCCCCCCCCCC(=O)OC(COC(=O)CCCCCCCCCCCCCCCCCCCC/C=C\C/C=C\C/C=C\C/C=C\C/C=C\C/C=C\CC)COC(OCC[N+](C)(C)C)C(=O)[O-]. The van der Waals surface area contributed by atoms with Gasteiger partial charge in [0.25, 0.3) is 0 Å². The molecule has 0 N–H and O–H groups in total. The van der Waals surface area contributed by atoms with Crippen molar-refractivity contribution < 1.29 is 42.9 Å². The Labute approximate surface area is 609 Å². The topological polar surface area (TPSA) is 111 Å². The highest BCUT2D eigenvalue weighted by atomic mass is 16.7. The van der Waals surface area contributed by atoms with Crippen LogP contribution in [0.5, 0.6) is 0 Å². The summed E-state index contributed by atoms with van der Waals surface area (Å²) in [6.07, 6.45) is 116. The van der Waals surface area contributed by atoms with Gasteiger partial charge in [0.1, 0.15) is 13.2 Å². The van der Waals surface area contributed by atoms with E-state index in [9.17, 15) is 19.5 Å². The predicted octanol–water partition coefficient (Wildman–Crippen LogP) is 24.6. The minimum absolute atomic E-state index is 0.139. The summed E-state index contributed by atoms with van der Waals surface area (Å²) in [5.41, 5.74) is 0. The number of quaternary nitrogens is 1. The second-order valence-corrected chi connectivity index (χ2v) is 27.2. The largest absolute Gasteiger partial charge is 0.545 e. The highest BCUT2D eigenvalue weighted by Gasteiger charge is 2.22. The summed E-state index contributed by atoms with van der Waals surface area (Å²) in [6.45, 7) is 4.52. The van der Waals surface area contributed by atoms with Crippen LogP contribution < -0.4 is 5.11 Å². The fraction of sp³-hybridized carbons (Fsp3) is 0.633. The Bertz CT molecular complexity index is 2290. The van der Waals surface area contributed by atoms with Gasteiger partial charge in [0.05, 0.1) is 40.3 Å². The maximum absolute atomic E-state index is 13.0. The minimum Gasteiger partial charge on any atom is -0.545 e. The van der Waals surface area contributed by atoms with Crippen molar-refractivity contribution in [3.8, 4) is 0 Å². The third-order valence-corrected chi connectivity index (χ3v) is 16.6. The van der Waals surface area contributed by atoms with Crippen LogP contribution in [0.25, 0.3) is 0 Å². The standard InChI is InChI=1S/C90H147NO8/c1-6-8-10-12-14-16-18-20-22-24-26-28-30-32-34-36-38-40-42-44-46-48-50-52-54-56-58-60-62-64-66-68-70-72-74-76-78-80-87(92)97-84-86(85-98-90(89(94)95)96-83-82-91(3,4)5)99-88(93)81-79-77-75-73-71-69-67-65-63-61-59-57-55-53-51-49-47-45-43-41-39-37-35-33-31-29-27-25-23-21-19-17-15-13-11-9-7-2/h8-11,14-17,20-23,26-29,32-35,38-41,45,47,51,53,57,59,86,90H,6-7,12-13,18-19,24-25,30-31,36-37,42-44,46,48-50,52,54-56,58,60-85H2,1-5H3/b10-8-,11-9-,16-14-,17-15-,22-20-,23-21-,28-26-,29-27-,34-32-,35-33-,40-38-,41-39-,47-45-,53-51-,59-57-. The molecule has 0 heterocycles. The maximum Gasteiger partial charge on any atom is 0.306 e. The molecule has 0 aliphatic rings. The molecule has 0 aromatic heterocycles. The van der Waals surface area contributed by atoms with Crippen LogP contribution in [0, 0.1) is 0 Å². The van der Waals surface area contributed by atoms with Crippen molar-refractivity contribution in [3.63, 3.8) is 0 Å². The van der Waals surface area contributed by atoms with Crippen LogP contribution in [-0.2, 0) is 33.3 Å². The Balaban J connectivity index is 4.10. The smallest absolute Gasteiger partial charge is 0.306 e. The second-order valence-electron chi connectivity index (χ2n) is 27.2. The molecule has 0 aliphatic carbocycles. The summed E-state index contributed by atoms with van der Waals surface area (Å²) in [7, 11) is 5.93. The van der Waals surface area contributed by atoms with Gasteiger partial charge in [-0.2, -0.15) is 0 Å². The van der Waals surface area contributed by atoms with E-state index in [2.05, 4.69) is 196 Å². The van der Waals surface area contributed by atoms with Crippen molar-refractivity contribution in [2.24, 2.45) is 0 Å². The number of esters is 2. The number of rotatable bonds is 72. The van der Waals surface area contributed by atoms with Gasteiger partial charge in [-0.05, 0) is 135 Å². The van der Waals surface area contributed by atoms with Gasteiger partial charge in [-0.25, -0.2) is 0 Å². The molecule has 0 spiro atoms. The summed E-state index contributed by atoms with van der Waals surface area (Å²) in [5, 5.41) is 11.9. The van der Waals surface area contributed by atoms with E-state index in [1.54, 1.807) is 0 Å². The number of ether oxygens (including phenoxy) is 4. The van der Waals surface area contributed by atoms with Crippen molar-refractivity contribution in [2.45, 2.75) is 322 Å². The highest BCUT2D eigenvalue weighted by molar-refractivity contribution is 5.70. The minimum atomic E-state index is -1.63. The Morgan fingerprint density at radius 1 is 0.303 bits per heavy atom.